The molecule has 0 fully saturated rings. The Kier molecular flexibility index (Phi) is 5.21. The van der Waals surface area contributed by atoms with Gasteiger partial charge in [0.05, 0.1) is 0 Å². The third-order valence-electron chi connectivity index (χ3n) is 2.85. The van der Waals surface area contributed by atoms with Crippen LogP contribution in [0.2, 0.25) is 0 Å². The molecule has 2 heterocycles. The molecule has 0 saturated heterocycles. The van der Waals surface area contributed by atoms with Crippen LogP contribution in [-0.4, -0.2) is 17.6 Å². The van der Waals surface area contributed by atoms with E-state index in [0.29, 0.717) is 6.04 Å². The molecule has 102 valence electrons. The summed E-state index contributed by atoms with van der Waals surface area (Å²) in [6, 6.07) is 6.68. The molecule has 2 aromatic heterocycles. The van der Waals surface area contributed by atoms with Gasteiger partial charge >= 0.3 is 0 Å². The van der Waals surface area contributed by atoms with Gasteiger partial charge in [-0.2, -0.15) is 11.3 Å². The molecule has 0 radical (unpaired) electrons. The Morgan fingerprint density at radius 2 is 2.26 bits per heavy atom. The van der Waals surface area contributed by atoms with Crippen LogP contribution in [0.4, 0.5) is 11.5 Å². The van der Waals surface area contributed by atoms with Crippen molar-refractivity contribution >= 4 is 22.8 Å². The fourth-order valence-corrected chi connectivity index (χ4v) is 2.65. The Labute approximate surface area is 119 Å². The van der Waals surface area contributed by atoms with Crippen LogP contribution in [0.1, 0.15) is 25.8 Å². The summed E-state index contributed by atoms with van der Waals surface area (Å²) < 4.78 is 0. The smallest absolute Gasteiger partial charge is 0.127 e. The van der Waals surface area contributed by atoms with Crippen LogP contribution < -0.4 is 10.6 Å². The van der Waals surface area contributed by atoms with Crippen molar-refractivity contribution in [2.45, 2.75) is 32.7 Å². The number of aromatic nitrogens is 1. The monoisotopic (exact) mass is 275 g/mol. The van der Waals surface area contributed by atoms with E-state index in [1.807, 2.05) is 12.3 Å². The van der Waals surface area contributed by atoms with E-state index in [4.69, 9.17) is 0 Å². The van der Waals surface area contributed by atoms with Crippen LogP contribution >= 0.6 is 11.3 Å². The Balaban J connectivity index is 1.90. The van der Waals surface area contributed by atoms with Gasteiger partial charge in [-0.05, 0) is 48.2 Å². The molecule has 0 spiro atoms. The highest BCUT2D eigenvalue weighted by atomic mass is 32.1. The summed E-state index contributed by atoms with van der Waals surface area (Å²) in [5.74, 6) is 0.939. The zero-order chi connectivity index (χ0) is 13.5. The van der Waals surface area contributed by atoms with E-state index >= 15 is 0 Å². The number of nitrogens with one attached hydrogen (secondary N) is 2. The van der Waals surface area contributed by atoms with Gasteiger partial charge in [0.2, 0.25) is 0 Å². The van der Waals surface area contributed by atoms with Crippen LogP contribution in [-0.2, 0) is 6.42 Å². The first-order chi connectivity index (χ1) is 9.28. The Bertz CT molecular complexity index is 482. The largest absolute Gasteiger partial charge is 0.382 e. The Morgan fingerprint density at radius 1 is 1.37 bits per heavy atom. The van der Waals surface area contributed by atoms with Gasteiger partial charge in [0.15, 0.2) is 0 Å². The topological polar surface area (TPSA) is 37.0 Å². The molecule has 0 aliphatic carbocycles. The molecule has 2 N–H and O–H groups in total. The number of nitrogens with zero attached hydrogens (tertiary/aromatic N) is 1. The van der Waals surface area contributed by atoms with Crippen molar-refractivity contribution in [3.05, 3.63) is 40.7 Å². The summed E-state index contributed by atoms with van der Waals surface area (Å²) in [6.45, 7) is 5.32. The van der Waals surface area contributed by atoms with Crippen molar-refractivity contribution in [1.29, 1.82) is 0 Å². The van der Waals surface area contributed by atoms with E-state index in [2.05, 4.69) is 52.4 Å². The summed E-state index contributed by atoms with van der Waals surface area (Å²) in [7, 11) is 0. The minimum absolute atomic E-state index is 0.413. The van der Waals surface area contributed by atoms with E-state index in [-0.39, 0.29) is 0 Å². The quantitative estimate of drug-likeness (QED) is 0.801. The van der Waals surface area contributed by atoms with E-state index in [1.54, 1.807) is 11.3 Å². The first-order valence-electron chi connectivity index (χ1n) is 6.75. The van der Waals surface area contributed by atoms with Crippen LogP contribution in [0.25, 0.3) is 0 Å². The lowest BCUT2D eigenvalue weighted by Crippen LogP contribution is -2.18. The van der Waals surface area contributed by atoms with E-state index in [9.17, 15) is 0 Å². The molecule has 0 aliphatic heterocycles. The molecular formula is C15H21N3S. The van der Waals surface area contributed by atoms with Crippen molar-refractivity contribution in [2.75, 3.05) is 17.2 Å². The highest BCUT2D eigenvalue weighted by Crippen LogP contribution is 2.15. The molecule has 0 bridgehead atoms. The van der Waals surface area contributed by atoms with Crippen molar-refractivity contribution in [2.24, 2.45) is 0 Å². The molecular weight excluding hydrogens is 254 g/mol. The molecule has 1 unspecified atom stereocenters. The van der Waals surface area contributed by atoms with Gasteiger partial charge in [-0.1, -0.05) is 6.92 Å². The predicted molar refractivity (Wildman–Crippen MR) is 84.1 cm³/mol. The average Bonchev–Trinajstić information content (AvgIpc) is 2.89. The van der Waals surface area contributed by atoms with Gasteiger partial charge in [0.1, 0.15) is 5.82 Å². The normalized spacial score (nSPS) is 12.1. The third-order valence-corrected chi connectivity index (χ3v) is 3.58. The van der Waals surface area contributed by atoms with Crippen molar-refractivity contribution < 1.29 is 0 Å². The van der Waals surface area contributed by atoms with Gasteiger partial charge in [-0.25, -0.2) is 4.98 Å². The first-order valence-corrected chi connectivity index (χ1v) is 7.69. The SMILES string of the molecule is CCCNc1cc(NC(C)Cc2ccsc2)ccn1. The lowest BCUT2D eigenvalue weighted by Gasteiger charge is -2.15. The standard InChI is InChI=1S/C15H21N3S/c1-3-6-16-15-10-14(4-7-17-15)18-12(2)9-13-5-8-19-11-13/h4-5,7-8,10-12H,3,6,9H2,1-2H3,(H2,16,17,18). The maximum atomic E-state index is 4.31. The molecule has 2 rings (SSSR count). The van der Waals surface area contributed by atoms with E-state index in [1.165, 1.54) is 5.56 Å². The molecule has 0 aliphatic rings. The first kappa shape index (κ1) is 13.9. The zero-order valence-electron chi connectivity index (χ0n) is 11.5. The number of thiophene rings is 1. The fraction of sp³-hybridized carbons (Fsp3) is 0.400. The molecule has 3 nitrogen and oxygen atoms in total. The summed E-state index contributed by atoms with van der Waals surface area (Å²) in [4.78, 5) is 4.31. The van der Waals surface area contributed by atoms with Crippen molar-refractivity contribution in [3.8, 4) is 0 Å². The van der Waals surface area contributed by atoms with Crippen molar-refractivity contribution in [1.82, 2.24) is 4.98 Å². The second kappa shape index (κ2) is 7.14. The van der Waals surface area contributed by atoms with Crippen LogP contribution in [0.15, 0.2) is 35.2 Å². The van der Waals surface area contributed by atoms with Gasteiger partial charge in [-0.15, -0.1) is 0 Å². The number of anilines is 2. The minimum atomic E-state index is 0.413. The lowest BCUT2D eigenvalue weighted by atomic mass is 10.1. The van der Waals surface area contributed by atoms with E-state index < -0.39 is 0 Å². The second-order valence-corrected chi connectivity index (χ2v) is 5.52. The molecule has 4 heteroatoms. The average molecular weight is 275 g/mol. The Morgan fingerprint density at radius 3 is 3.00 bits per heavy atom. The molecule has 0 aromatic carbocycles. The Hall–Kier alpha value is -1.55. The maximum Gasteiger partial charge on any atom is 0.127 e. The van der Waals surface area contributed by atoms with Gasteiger partial charge in [0, 0.05) is 30.5 Å². The second-order valence-electron chi connectivity index (χ2n) is 4.74. The maximum absolute atomic E-state index is 4.31. The molecule has 19 heavy (non-hydrogen) atoms. The number of hydrogen-bond donors (Lipinski definition) is 2. The minimum Gasteiger partial charge on any atom is -0.382 e. The molecule has 2 aromatic rings. The van der Waals surface area contributed by atoms with Crippen molar-refractivity contribution in [3.63, 3.8) is 0 Å². The van der Waals surface area contributed by atoms with Crippen LogP contribution in [0.5, 0.6) is 0 Å². The summed E-state index contributed by atoms with van der Waals surface area (Å²) in [5, 5.41) is 11.2. The van der Waals surface area contributed by atoms with Crippen LogP contribution in [0.3, 0.4) is 0 Å². The summed E-state index contributed by atoms with van der Waals surface area (Å²) >= 11 is 1.75. The highest BCUT2D eigenvalue weighted by Gasteiger charge is 2.04. The third kappa shape index (κ3) is 4.56. The van der Waals surface area contributed by atoms with Gasteiger partial charge in [-0.3, -0.25) is 0 Å². The summed E-state index contributed by atoms with van der Waals surface area (Å²) in [5.41, 5.74) is 2.51. The highest BCUT2D eigenvalue weighted by molar-refractivity contribution is 7.07. The lowest BCUT2D eigenvalue weighted by molar-refractivity contribution is 0.792. The zero-order valence-corrected chi connectivity index (χ0v) is 12.3. The predicted octanol–water partition coefficient (Wildman–Crippen LogP) is 4.01. The number of rotatable bonds is 7. The van der Waals surface area contributed by atoms with Crippen LogP contribution in [0, 0.1) is 0 Å². The fourth-order valence-electron chi connectivity index (χ4n) is 1.97. The van der Waals surface area contributed by atoms with Gasteiger partial charge in [0.25, 0.3) is 0 Å². The summed E-state index contributed by atoms with van der Waals surface area (Å²) in [6.07, 6.45) is 4.00. The van der Waals surface area contributed by atoms with Gasteiger partial charge < -0.3 is 10.6 Å². The number of hydrogen-bond acceptors (Lipinski definition) is 4. The molecule has 0 amide bonds. The number of pyridine rings is 1. The van der Waals surface area contributed by atoms with E-state index in [0.717, 1.165) is 30.9 Å². The molecule has 1 atom stereocenters. The molecule has 0 saturated carbocycles.